The smallest absolute Gasteiger partial charge is 0.219 e. The predicted molar refractivity (Wildman–Crippen MR) is 82.7 cm³/mol. The van der Waals surface area contributed by atoms with Crippen molar-refractivity contribution in [3.05, 3.63) is 35.4 Å². The van der Waals surface area contributed by atoms with E-state index in [0.29, 0.717) is 0 Å². The predicted octanol–water partition coefficient (Wildman–Crippen LogP) is 2.65. The monoisotopic (exact) mass is 274 g/mol. The first-order chi connectivity index (χ1) is 9.36. The van der Waals surface area contributed by atoms with E-state index in [1.54, 1.807) is 6.92 Å². The van der Waals surface area contributed by atoms with Gasteiger partial charge in [0.05, 0.1) is 0 Å². The molecule has 0 aliphatic carbocycles. The number of amides is 1. The fourth-order valence-corrected chi connectivity index (χ4v) is 2.62. The number of carbonyl (C=O) groups is 1. The molecule has 1 fully saturated rings. The Morgan fingerprint density at radius 3 is 2.35 bits per heavy atom. The van der Waals surface area contributed by atoms with Crippen LogP contribution in [0.25, 0.3) is 0 Å². The highest BCUT2D eigenvalue weighted by atomic mass is 16.2. The summed E-state index contributed by atoms with van der Waals surface area (Å²) in [5.41, 5.74) is 2.95. The average molecular weight is 274 g/mol. The van der Waals surface area contributed by atoms with Crippen LogP contribution in [-0.2, 0) is 16.8 Å². The number of rotatable bonds is 2. The van der Waals surface area contributed by atoms with Crippen molar-refractivity contribution < 1.29 is 4.79 Å². The van der Waals surface area contributed by atoms with Crippen LogP contribution in [0, 0.1) is 0 Å². The molecule has 0 N–H and O–H groups in total. The summed E-state index contributed by atoms with van der Waals surface area (Å²) in [4.78, 5) is 15.7. The highest BCUT2D eigenvalue weighted by Gasteiger charge is 2.19. The molecule has 2 rings (SSSR count). The summed E-state index contributed by atoms with van der Waals surface area (Å²) in [5, 5.41) is 0. The van der Waals surface area contributed by atoms with E-state index in [1.807, 2.05) is 4.90 Å². The quantitative estimate of drug-likeness (QED) is 0.828. The molecule has 3 heteroatoms. The van der Waals surface area contributed by atoms with E-state index >= 15 is 0 Å². The summed E-state index contributed by atoms with van der Waals surface area (Å²) in [7, 11) is 0. The molecular weight excluding hydrogens is 248 g/mol. The largest absolute Gasteiger partial charge is 0.340 e. The van der Waals surface area contributed by atoms with Crippen molar-refractivity contribution in [2.45, 2.75) is 39.7 Å². The maximum absolute atomic E-state index is 11.3. The van der Waals surface area contributed by atoms with E-state index in [4.69, 9.17) is 0 Å². The molecule has 0 unspecified atom stereocenters. The molecule has 1 aromatic rings. The van der Waals surface area contributed by atoms with E-state index in [9.17, 15) is 4.79 Å². The lowest BCUT2D eigenvalue weighted by atomic mass is 9.86. The zero-order valence-electron chi connectivity index (χ0n) is 13.1. The third kappa shape index (κ3) is 3.83. The minimum Gasteiger partial charge on any atom is -0.340 e. The fraction of sp³-hybridized carbons (Fsp3) is 0.588. The van der Waals surface area contributed by atoms with Gasteiger partial charge in [-0.15, -0.1) is 0 Å². The van der Waals surface area contributed by atoms with Gasteiger partial charge in [0, 0.05) is 39.6 Å². The number of carbonyl (C=O) groups excluding carboxylic acids is 1. The molecule has 0 aromatic heterocycles. The molecule has 3 nitrogen and oxygen atoms in total. The molecule has 1 aliphatic rings. The van der Waals surface area contributed by atoms with Crippen molar-refractivity contribution in [1.82, 2.24) is 9.80 Å². The first-order valence-electron chi connectivity index (χ1n) is 7.43. The van der Waals surface area contributed by atoms with Gasteiger partial charge in [-0.05, 0) is 16.5 Å². The Labute approximate surface area is 122 Å². The van der Waals surface area contributed by atoms with Crippen LogP contribution in [0.2, 0.25) is 0 Å². The number of benzene rings is 1. The highest BCUT2D eigenvalue weighted by Crippen LogP contribution is 2.23. The maximum atomic E-state index is 11.3. The second kappa shape index (κ2) is 5.96. The molecule has 0 saturated carbocycles. The van der Waals surface area contributed by atoms with Gasteiger partial charge in [-0.1, -0.05) is 45.0 Å². The molecule has 0 spiro atoms. The van der Waals surface area contributed by atoms with Gasteiger partial charge >= 0.3 is 0 Å². The van der Waals surface area contributed by atoms with Gasteiger partial charge in [0.2, 0.25) is 5.91 Å². The molecule has 110 valence electrons. The van der Waals surface area contributed by atoms with Crippen LogP contribution in [0.5, 0.6) is 0 Å². The van der Waals surface area contributed by atoms with Crippen LogP contribution < -0.4 is 0 Å². The van der Waals surface area contributed by atoms with E-state index in [2.05, 4.69) is 49.9 Å². The van der Waals surface area contributed by atoms with Crippen molar-refractivity contribution in [2.75, 3.05) is 26.2 Å². The Balaban J connectivity index is 1.96. The van der Waals surface area contributed by atoms with Gasteiger partial charge in [-0.2, -0.15) is 0 Å². The number of hydrogen-bond donors (Lipinski definition) is 0. The Bertz CT molecular complexity index is 468. The Kier molecular flexibility index (Phi) is 4.48. The average Bonchev–Trinajstić information content (AvgIpc) is 2.38. The number of hydrogen-bond acceptors (Lipinski definition) is 2. The van der Waals surface area contributed by atoms with Gasteiger partial charge in [0.1, 0.15) is 0 Å². The van der Waals surface area contributed by atoms with Crippen molar-refractivity contribution in [3.63, 3.8) is 0 Å². The van der Waals surface area contributed by atoms with Crippen LogP contribution in [-0.4, -0.2) is 41.9 Å². The second-order valence-electron chi connectivity index (χ2n) is 6.73. The molecule has 0 radical (unpaired) electrons. The molecule has 1 saturated heterocycles. The van der Waals surface area contributed by atoms with Crippen molar-refractivity contribution in [1.29, 1.82) is 0 Å². The third-order valence-corrected chi connectivity index (χ3v) is 4.02. The van der Waals surface area contributed by atoms with Crippen LogP contribution in [0.1, 0.15) is 38.8 Å². The SMILES string of the molecule is CC(=O)N1CCN(Cc2cccc(C(C)(C)C)c2)CC1. The normalized spacial score (nSPS) is 17.3. The van der Waals surface area contributed by atoms with Crippen LogP contribution >= 0.6 is 0 Å². The van der Waals surface area contributed by atoms with E-state index in [-0.39, 0.29) is 11.3 Å². The van der Waals surface area contributed by atoms with E-state index < -0.39 is 0 Å². The van der Waals surface area contributed by atoms with Crippen LogP contribution in [0.15, 0.2) is 24.3 Å². The fourth-order valence-electron chi connectivity index (χ4n) is 2.62. The molecule has 1 amide bonds. The summed E-state index contributed by atoms with van der Waals surface area (Å²) < 4.78 is 0. The first-order valence-corrected chi connectivity index (χ1v) is 7.43. The van der Waals surface area contributed by atoms with Crippen molar-refractivity contribution in [2.24, 2.45) is 0 Å². The van der Waals surface area contributed by atoms with Crippen molar-refractivity contribution >= 4 is 5.91 Å². The Morgan fingerprint density at radius 1 is 1.15 bits per heavy atom. The number of piperazine rings is 1. The molecule has 20 heavy (non-hydrogen) atoms. The second-order valence-corrected chi connectivity index (χ2v) is 6.73. The molecule has 1 aliphatic heterocycles. The standard InChI is InChI=1S/C17H26N2O/c1-14(20)19-10-8-18(9-11-19)13-15-6-5-7-16(12-15)17(2,3)4/h5-7,12H,8-11,13H2,1-4H3. The number of nitrogens with zero attached hydrogens (tertiary/aromatic N) is 2. The molecule has 1 heterocycles. The minimum atomic E-state index is 0.194. The third-order valence-electron chi connectivity index (χ3n) is 4.02. The van der Waals surface area contributed by atoms with Gasteiger partial charge < -0.3 is 4.90 Å². The van der Waals surface area contributed by atoms with E-state index in [1.165, 1.54) is 11.1 Å². The minimum absolute atomic E-state index is 0.194. The van der Waals surface area contributed by atoms with Crippen LogP contribution in [0.3, 0.4) is 0 Å². The van der Waals surface area contributed by atoms with Crippen LogP contribution in [0.4, 0.5) is 0 Å². The van der Waals surface area contributed by atoms with E-state index in [0.717, 1.165) is 32.7 Å². The summed E-state index contributed by atoms with van der Waals surface area (Å²) in [6, 6.07) is 8.88. The van der Waals surface area contributed by atoms with Gasteiger partial charge in [0.25, 0.3) is 0 Å². The summed E-state index contributed by atoms with van der Waals surface area (Å²) in [6.07, 6.45) is 0. The lowest BCUT2D eigenvalue weighted by Crippen LogP contribution is -2.47. The summed E-state index contributed by atoms with van der Waals surface area (Å²) in [6.45, 7) is 13.0. The summed E-state index contributed by atoms with van der Waals surface area (Å²) in [5.74, 6) is 0.194. The lowest BCUT2D eigenvalue weighted by Gasteiger charge is -2.34. The molecule has 0 bridgehead atoms. The highest BCUT2D eigenvalue weighted by molar-refractivity contribution is 5.73. The maximum Gasteiger partial charge on any atom is 0.219 e. The summed E-state index contributed by atoms with van der Waals surface area (Å²) >= 11 is 0. The molecular formula is C17H26N2O. The van der Waals surface area contributed by atoms with Crippen molar-refractivity contribution in [3.8, 4) is 0 Å². The van der Waals surface area contributed by atoms with Gasteiger partial charge in [-0.25, -0.2) is 0 Å². The molecule has 0 atom stereocenters. The topological polar surface area (TPSA) is 23.6 Å². The van der Waals surface area contributed by atoms with Gasteiger partial charge in [0.15, 0.2) is 0 Å². The lowest BCUT2D eigenvalue weighted by molar-refractivity contribution is -0.130. The first kappa shape index (κ1) is 15.0. The zero-order valence-corrected chi connectivity index (χ0v) is 13.1. The Hall–Kier alpha value is -1.35. The van der Waals surface area contributed by atoms with Gasteiger partial charge in [-0.3, -0.25) is 9.69 Å². The molecule has 1 aromatic carbocycles. The zero-order chi connectivity index (χ0) is 14.8. The Morgan fingerprint density at radius 2 is 1.80 bits per heavy atom.